The van der Waals surface area contributed by atoms with Gasteiger partial charge in [0.2, 0.25) is 0 Å². The first-order valence-corrected chi connectivity index (χ1v) is 9.69. The van der Waals surface area contributed by atoms with E-state index in [9.17, 15) is 22.7 Å². The molecule has 1 aromatic carbocycles. The van der Waals surface area contributed by atoms with Crippen molar-refractivity contribution in [1.82, 2.24) is 9.78 Å². The molecule has 0 bridgehead atoms. The molecule has 1 aromatic heterocycles. The molecule has 2 atom stereocenters. The van der Waals surface area contributed by atoms with E-state index in [0.29, 0.717) is 19.3 Å². The van der Waals surface area contributed by atoms with Gasteiger partial charge in [0.05, 0.1) is 23.2 Å². The maximum atomic E-state index is 13.4. The van der Waals surface area contributed by atoms with Crippen molar-refractivity contribution in [3.63, 3.8) is 0 Å². The predicted octanol–water partition coefficient (Wildman–Crippen LogP) is 5.73. The Bertz CT molecular complexity index is 991. The van der Waals surface area contributed by atoms with Crippen LogP contribution < -0.4 is 0 Å². The fraction of sp³-hybridized carbons (Fsp3) is 0.409. The molecule has 1 N–H and O–H groups in total. The Labute approximate surface area is 166 Å². The van der Waals surface area contributed by atoms with Gasteiger partial charge in [-0.2, -0.15) is 13.9 Å². The summed E-state index contributed by atoms with van der Waals surface area (Å²) >= 11 is 0. The van der Waals surface area contributed by atoms with Crippen LogP contribution in [0, 0.1) is 11.2 Å². The minimum absolute atomic E-state index is 0.0640. The Morgan fingerprint density at radius 3 is 2.62 bits per heavy atom. The van der Waals surface area contributed by atoms with Gasteiger partial charge in [-0.15, -0.1) is 0 Å². The first kappa shape index (κ1) is 19.9. The zero-order chi connectivity index (χ0) is 20.8. The van der Waals surface area contributed by atoms with Crippen molar-refractivity contribution in [3.05, 3.63) is 65.0 Å². The third-order valence-corrected chi connectivity index (χ3v) is 6.55. The highest BCUT2D eigenvalue weighted by atomic mass is 19.3. The number of hydrogen-bond donors (Lipinski definition) is 1. The lowest BCUT2D eigenvalue weighted by Gasteiger charge is -2.52. The molecule has 0 spiro atoms. The highest BCUT2D eigenvalue weighted by Crippen LogP contribution is 2.55. The van der Waals surface area contributed by atoms with E-state index in [2.05, 4.69) is 5.10 Å². The minimum atomic E-state index is -2.32. The van der Waals surface area contributed by atoms with E-state index in [1.807, 2.05) is 13.0 Å². The highest BCUT2D eigenvalue weighted by molar-refractivity contribution is 5.62. The Kier molecular flexibility index (Phi) is 4.89. The Hall–Kier alpha value is -2.41. The number of aromatic nitrogens is 2. The molecule has 0 unspecified atom stereocenters. The van der Waals surface area contributed by atoms with Gasteiger partial charge in [-0.3, -0.25) is 0 Å². The second-order valence-corrected chi connectivity index (χ2v) is 8.17. The zero-order valence-corrected chi connectivity index (χ0v) is 16.1. The molecule has 2 aliphatic rings. The van der Waals surface area contributed by atoms with Crippen LogP contribution in [0.2, 0.25) is 0 Å². The monoisotopic (exact) mass is 406 g/mol. The molecule has 4 rings (SSSR count). The molecule has 29 heavy (non-hydrogen) atoms. The summed E-state index contributed by atoms with van der Waals surface area (Å²) in [4.78, 5) is 0. The van der Waals surface area contributed by atoms with Gasteiger partial charge in [-0.1, -0.05) is 12.5 Å². The van der Waals surface area contributed by atoms with Crippen molar-refractivity contribution in [2.24, 2.45) is 5.41 Å². The van der Waals surface area contributed by atoms with Crippen molar-refractivity contribution in [2.75, 3.05) is 0 Å². The first-order valence-electron chi connectivity index (χ1n) is 9.69. The SMILES string of the molecule is C[C@]12Cc3cnn(-c4ccc(F)cc4)c3C=C1CCC[C@@]2(O)CCC(F)=C(F)F. The summed E-state index contributed by atoms with van der Waals surface area (Å²) in [6.07, 6.45) is 3.21. The fourth-order valence-electron chi connectivity index (χ4n) is 4.76. The molecule has 3 nitrogen and oxygen atoms in total. The van der Waals surface area contributed by atoms with Crippen LogP contribution in [-0.2, 0) is 6.42 Å². The van der Waals surface area contributed by atoms with Crippen molar-refractivity contribution in [3.8, 4) is 5.69 Å². The van der Waals surface area contributed by atoms with Gasteiger partial charge >= 0.3 is 6.08 Å². The van der Waals surface area contributed by atoms with Gasteiger partial charge in [-0.25, -0.2) is 13.5 Å². The van der Waals surface area contributed by atoms with Crippen molar-refractivity contribution in [2.45, 2.75) is 51.0 Å². The van der Waals surface area contributed by atoms with Gasteiger partial charge in [0.1, 0.15) is 5.82 Å². The number of halogens is 4. The Morgan fingerprint density at radius 1 is 1.21 bits per heavy atom. The van der Waals surface area contributed by atoms with Gasteiger partial charge < -0.3 is 5.11 Å². The van der Waals surface area contributed by atoms with E-state index >= 15 is 0 Å². The Balaban J connectivity index is 1.69. The van der Waals surface area contributed by atoms with Crippen molar-refractivity contribution >= 4 is 6.08 Å². The maximum Gasteiger partial charge on any atom is 0.301 e. The summed E-state index contributed by atoms with van der Waals surface area (Å²) in [5.74, 6) is -1.79. The van der Waals surface area contributed by atoms with Crippen LogP contribution in [0.5, 0.6) is 0 Å². The van der Waals surface area contributed by atoms with Crippen LogP contribution in [0.3, 0.4) is 0 Å². The molecule has 154 valence electrons. The van der Waals surface area contributed by atoms with E-state index in [1.54, 1.807) is 23.0 Å². The smallest absolute Gasteiger partial charge is 0.301 e. The first-order chi connectivity index (χ1) is 13.7. The molecule has 1 saturated carbocycles. The average Bonchev–Trinajstić information content (AvgIpc) is 3.08. The summed E-state index contributed by atoms with van der Waals surface area (Å²) < 4.78 is 53.4. The lowest BCUT2D eigenvalue weighted by atomic mass is 9.56. The van der Waals surface area contributed by atoms with Crippen LogP contribution >= 0.6 is 0 Å². The number of allylic oxidation sites excluding steroid dienone is 1. The second kappa shape index (κ2) is 7.13. The number of hydrogen-bond acceptors (Lipinski definition) is 2. The van der Waals surface area contributed by atoms with Gasteiger partial charge in [-0.05, 0) is 68.0 Å². The molecule has 0 saturated heterocycles. The molecule has 1 heterocycles. The number of fused-ring (bicyclic) bond motifs is 2. The normalized spacial score (nSPS) is 25.8. The predicted molar refractivity (Wildman–Crippen MR) is 102 cm³/mol. The molecule has 0 amide bonds. The third kappa shape index (κ3) is 3.31. The molecular weight excluding hydrogens is 384 g/mol. The summed E-state index contributed by atoms with van der Waals surface area (Å²) in [6, 6.07) is 6.03. The molecular formula is C22H22F4N2O. The summed E-state index contributed by atoms with van der Waals surface area (Å²) in [6.45, 7) is 1.92. The van der Waals surface area contributed by atoms with E-state index in [1.165, 1.54) is 12.1 Å². The van der Waals surface area contributed by atoms with E-state index in [-0.39, 0.29) is 12.2 Å². The molecule has 1 fully saturated rings. The van der Waals surface area contributed by atoms with Gasteiger partial charge in [0, 0.05) is 11.8 Å². The van der Waals surface area contributed by atoms with Gasteiger partial charge in [0.25, 0.3) is 0 Å². The van der Waals surface area contributed by atoms with Crippen LogP contribution in [0.15, 0.2) is 47.9 Å². The number of benzene rings is 1. The summed E-state index contributed by atoms with van der Waals surface area (Å²) in [5, 5.41) is 15.8. The molecule has 0 radical (unpaired) electrons. The molecule has 0 aliphatic heterocycles. The largest absolute Gasteiger partial charge is 0.389 e. The third-order valence-electron chi connectivity index (χ3n) is 6.55. The van der Waals surface area contributed by atoms with Crippen LogP contribution in [0.1, 0.15) is 50.3 Å². The lowest BCUT2D eigenvalue weighted by Crippen LogP contribution is -2.52. The summed E-state index contributed by atoms with van der Waals surface area (Å²) in [7, 11) is 0. The summed E-state index contributed by atoms with van der Waals surface area (Å²) in [5.41, 5.74) is 1.56. The molecule has 2 aromatic rings. The quantitative estimate of drug-likeness (QED) is 0.659. The molecule has 7 heteroatoms. The fourth-order valence-corrected chi connectivity index (χ4v) is 4.76. The highest BCUT2D eigenvalue weighted by Gasteiger charge is 2.52. The standard InChI is InChI=1S/C22H22F4N2O/c1-21-12-14-13-27-28(17-6-4-16(23)5-7-17)19(14)11-15(21)3-2-9-22(21,29)10-8-18(24)20(25)26/h4-7,11,13,29H,2-3,8-10,12H2,1H3/t21-,22+/m0/s1. The Morgan fingerprint density at radius 2 is 1.93 bits per heavy atom. The maximum absolute atomic E-state index is 13.4. The topological polar surface area (TPSA) is 38.0 Å². The average molecular weight is 406 g/mol. The van der Waals surface area contributed by atoms with Crippen molar-refractivity contribution < 1.29 is 22.7 Å². The van der Waals surface area contributed by atoms with Crippen LogP contribution in [-0.4, -0.2) is 20.5 Å². The van der Waals surface area contributed by atoms with Crippen LogP contribution in [0.4, 0.5) is 17.6 Å². The van der Waals surface area contributed by atoms with Gasteiger partial charge in [0.15, 0.2) is 5.83 Å². The van der Waals surface area contributed by atoms with Crippen molar-refractivity contribution in [1.29, 1.82) is 0 Å². The minimum Gasteiger partial charge on any atom is -0.389 e. The van der Waals surface area contributed by atoms with E-state index in [0.717, 1.165) is 28.9 Å². The number of aliphatic hydroxyl groups is 1. The van der Waals surface area contributed by atoms with E-state index in [4.69, 9.17) is 0 Å². The second-order valence-electron chi connectivity index (χ2n) is 8.17. The zero-order valence-electron chi connectivity index (χ0n) is 16.1. The van der Waals surface area contributed by atoms with E-state index < -0.39 is 29.3 Å². The number of rotatable bonds is 4. The molecule has 2 aliphatic carbocycles. The lowest BCUT2D eigenvalue weighted by molar-refractivity contribution is -0.0852. The number of nitrogens with zero attached hydrogens (tertiary/aromatic N) is 2. The van der Waals surface area contributed by atoms with Crippen LogP contribution in [0.25, 0.3) is 11.8 Å².